The van der Waals surface area contributed by atoms with Gasteiger partial charge in [-0.25, -0.2) is 0 Å². The van der Waals surface area contributed by atoms with Crippen molar-refractivity contribution in [2.24, 2.45) is 0 Å². The molecule has 21 heavy (non-hydrogen) atoms. The number of ether oxygens (including phenoxy) is 1. The number of hydrogen-bond donors (Lipinski definition) is 1. The molecule has 0 aliphatic carbocycles. The largest absolute Gasteiger partial charge is 0.379 e. The lowest BCUT2D eigenvalue weighted by Gasteiger charge is -2.32. The van der Waals surface area contributed by atoms with E-state index in [4.69, 9.17) is 4.74 Å². The molecule has 1 atom stereocenters. The van der Waals surface area contributed by atoms with Crippen molar-refractivity contribution in [3.8, 4) is 0 Å². The summed E-state index contributed by atoms with van der Waals surface area (Å²) in [7, 11) is 0. The minimum Gasteiger partial charge on any atom is -0.379 e. The Bertz CT molecular complexity index is 199. The molecular formula is C17H39ClN2O. The Labute approximate surface area is 139 Å². The summed E-state index contributed by atoms with van der Waals surface area (Å²) in [6.45, 7) is 8.81. The number of halogens is 1. The van der Waals surface area contributed by atoms with E-state index in [9.17, 15) is 0 Å². The van der Waals surface area contributed by atoms with Crippen molar-refractivity contribution in [2.45, 2.75) is 84.1 Å². The zero-order valence-electron chi connectivity index (χ0n) is 14.4. The van der Waals surface area contributed by atoms with Crippen LogP contribution in [0.3, 0.4) is 0 Å². The molecule has 3 nitrogen and oxygen atoms in total. The van der Waals surface area contributed by atoms with Crippen LogP contribution < -0.4 is 6.15 Å². The molecule has 0 radical (unpaired) electrons. The van der Waals surface area contributed by atoms with Crippen molar-refractivity contribution in [3.63, 3.8) is 0 Å². The van der Waals surface area contributed by atoms with Crippen LogP contribution in [0.2, 0.25) is 0 Å². The van der Waals surface area contributed by atoms with E-state index in [1.807, 2.05) is 0 Å². The highest BCUT2D eigenvalue weighted by atomic mass is 35.5. The van der Waals surface area contributed by atoms with Crippen molar-refractivity contribution in [1.29, 1.82) is 0 Å². The van der Waals surface area contributed by atoms with Crippen LogP contribution >= 0.6 is 12.4 Å². The van der Waals surface area contributed by atoms with E-state index in [-0.39, 0.29) is 18.6 Å². The Hall–Kier alpha value is 0.170. The van der Waals surface area contributed by atoms with Crippen molar-refractivity contribution in [2.75, 3.05) is 26.3 Å². The van der Waals surface area contributed by atoms with Crippen molar-refractivity contribution < 1.29 is 4.74 Å². The Morgan fingerprint density at radius 3 is 1.86 bits per heavy atom. The van der Waals surface area contributed by atoms with Crippen molar-refractivity contribution in [3.05, 3.63) is 0 Å². The minimum atomic E-state index is 0. The number of rotatable bonds is 11. The Morgan fingerprint density at radius 2 is 1.33 bits per heavy atom. The summed E-state index contributed by atoms with van der Waals surface area (Å²) in [5, 5.41) is 0. The normalized spacial score (nSPS) is 16.9. The number of nitrogens with zero attached hydrogens (tertiary/aromatic N) is 1. The first-order valence-electron chi connectivity index (χ1n) is 8.66. The topological polar surface area (TPSA) is 47.5 Å². The second-order valence-corrected chi connectivity index (χ2v) is 6.11. The first-order chi connectivity index (χ1) is 9.34. The van der Waals surface area contributed by atoms with E-state index >= 15 is 0 Å². The van der Waals surface area contributed by atoms with Crippen LogP contribution in [0.1, 0.15) is 78.1 Å². The van der Waals surface area contributed by atoms with Crippen LogP contribution in [-0.4, -0.2) is 37.2 Å². The van der Waals surface area contributed by atoms with Crippen LogP contribution in [0.15, 0.2) is 0 Å². The fraction of sp³-hybridized carbons (Fsp3) is 1.00. The van der Waals surface area contributed by atoms with E-state index in [1.54, 1.807) is 0 Å². The minimum absolute atomic E-state index is 0. The third-order valence-corrected chi connectivity index (χ3v) is 4.39. The molecule has 1 saturated heterocycles. The van der Waals surface area contributed by atoms with Gasteiger partial charge in [0.15, 0.2) is 0 Å². The molecule has 0 aromatic carbocycles. The number of unbranched alkanes of at least 4 members (excludes halogenated alkanes) is 8. The summed E-state index contributed by atoms with van der Waals surface area (Å²) < 4.78 is 5.41. The average molecular weight is 323 g/mol. The maximum atomic E-state index is 5.41. The molecule has 0 saturated carbocycles. The smallest absolute Gasteiger partial charge is 0.0594 e. The van der Waals surface area contributed by atoms with Gasteiger partial charge >= 0.3 is 0 Å². The summed E-state index contributed by atoms with van der Waals surface area (Å²) in [5.41, 5.74) is 0. The van der Waals surface area contributed by atoms with Gasteiger partial charge in [-0.3, -0.25) is 4.90 Å². The maximum absolute atomic E-state index is 5.41. The van der Waals surface area contributed by atoms with Gasteiger partial charge in [0, 0.05) is 19.1 Å². The Kier molecular flexibility index (Phi) is 18.5. The van der Waals surface area contributed by atoms with Gasteiger partial charge in [0.2, 0.25) is 0 Å². The second kappa shape index (κ2) is 16.5. The van der Waals surface area contributed by atoms with Gasteiger partial charge in [-0.2, -0.15) is 0 Å². The lowest BCUT2D eigenvalue weighted by molar-refractivity contribution is 0.0181. The van der Waals surface area contributed by atoms with Crippen LogP contribution in [-0.2, 0) is 4.74 Å². The van der Waals surface area contributed by atoms with Gasteiger partial charge in [-0.05, 0) is 13.3 Å². The van der Waals surface area contributed by atoms with Gasteiger partial charge in [-0.15, -0.1) is 12.4 Å². The SMILES string of the molecule is CCCCCCCCCCCC(C)N1CCOCC1.Cl.N. The van der Waals surface area contributed by atoms with Crippen LogP contribution in [0.25, 0.3) is 0 Å². The molecule has 4 heteroatoms. The molecular weight excluding hydrogens is 284 g/mol. The van der Waals surface area contributed by atoms with Crippen LogP contribution in [0.4, 0.5) is 0 Å². The van der Waals surface area contributed by atoms with Crippen molar-refractivity contribution in [1.82, 2.24) is 11.1 Å². The van der Waals surface area contributed by atoms with E-state index < -0.39 is 0 Å². The van der Waals surface area contributed by atoms with Gasteiger partial charge in [0.25, 0.3) is 0 Å². The molecule has 0 bridgehead atoms. The maximum Gasteiger partial charge on any atom is 0.0594 e. The zero-order chi connectivity index (χ0) is 13.8. The Balaban J connectivity index is 0. The number of morpholine rings is 1. The Morgan fingerprint density at radius 1 is 0.857 bits per heavy atom. The van der Waals surface area contributed by atoms with Gasteiger partial charge in [0.05, 0.1) is 13.2 Å². The molecule has 1 rings (SSSR count). The molecule has 0 amide bonds. The van der Waals surface area contributed by atoms with Crippen LogP contribution in [0.5, 0.6) is 0 Å². The van der Waals surface area contributed by atoms with Gasteiger partial charge in [0.1, 0.15) is 0 Å². The third-order valence-electron chi connectivity index (χ3n) is 4.39. The number of hydrogen-bond acceptors (Lipinski definition) is 3. The van der Waals surface area contributed by atoms with Gasteiger partial charge < -0.3 is 10.9 Å². The standard InChI is InChI=1S/C17H35NO.ClH.H3N/c1-3-4-5-6-7-8-9-10-11-12-17(2)18-13-15-19-16-14-18;;/h17H,3-16H2,1-2H3;1H;1H3. The summed E-state index contributed by atoms with van der Waals surface area (Å²) in [6.07, 6.45) is 14.3. The summed E-state index contributed by atoms with van der Waals surface area (Å²) in [6, 6.07) is 0.758. The molecule has 1 fully saturated rings. The highest BCUT2D eigenvalue weighted by Gasteiger charge is 2.15. The molecule has 1 aliphatic rings. The molecule has 1 heterocycles. The molecule has 0 aromatic rings. The van der Waals surface area contributed by atoms with E-state index in [1.165, 1.54) is 64.2 Å². The monoisotopic (exact) mass is 322 g/mol. The van der Waals surface area contributed by atoms with Crippen LogP contribution in [0, 0.1) is 0 Å². The predicted molar refractivity (Wildman–Crippen MR) is 96.0 cm³/mol. The molecule has 0 spiro atoms. The zero-order valence-corrected chi connectivity index (χ0v) is 15.3. The second-order valence-electron chi connectivity index (χ2n) is 6.11. The summed E-state index contributed by atoms with van der Waals surface area (Å²) in [4.78, 5) is 2.59. The molecule has 1 unspecified atom stereocenters. The quantitative estimate of drug-likeness (QED) is 0.531. The van der Waals surface area contributed by atoms with E-state index in [0.717, 1.165) is 32.3 Å². The fourth-order valence-corrected chi connectivity index (χ4v) is 2.95. The third kappa shape index (κ3) is 12.4. The predicted octanol–water partition coefficient (Wildman–Crippen LogP) is 5.21. The molecule has 3 N–H and O–H groups in total. The van der Waals surface area contributed by atoms with Crippen molar-refractivity contribution >= 4 is 12.4 Å². The molecule has 130 valence electrons. The average Bonchev–Trinajstić information content (AvgIpc) is 2.46. The summed E-state index contributed by atoms with van der Waals surface area (Å²) in [5.74, 6) is 0. The van der Waals surface area contributed by atoms with E-state index in [0.29, 0.717) is 0 Å². The first-order valence-corrected chi connectivity index (χ1v) is 8.66. The van der Waals surface area contributed by atoms with Gasteiger partial charge in [-0.1, -0.05) is 64.7 Å². The first kappa shape index (κ1) is 23.4. The lowest BCUT2D eigenvalue weighted by atomic mass is 10.0. The fourth-order valence-electron chi connectivity index (χ4n) is 2.95. The lowest BCUT2D eigenvalue weighted by Crippen LogP contribution is -2.42. The molecule has 1 aliphatic heterocycles. The summed E-state index contributed by atoms with van der Waals surface area (Å²) >= 11 is 0. The van der Waals surface area contributed by atoms with E-state index in [2.05, 4.69) is 18.7 Å². The molecule has 0 aromatic heterocycles. The highest BCUT2D eigenvalue weighted by molar-refractivity contribution is 5.85. The highest BCUT2D eigenvalue weighted by Crippen LogP contribution is 2.14.